The van der Waals surface area contributed by atoms with Crippen LogP contribution in [0.4, 0.5) is 0 Å². The summed E-state index contributed by atoms with van der Waals surface area (Å²) in [5.41, 5.74) is 2.70. The molecule has 4 rings (SSSR count). The number of carbonyl (C=O) groups excluding carboxylic acids is 2. The fraction of sp³-hybridized carbons (Fsp3) is 0.348. The van der Waals surface area contributed by atoms with Gasteiger partial charge in [0.15, 0.2) is 5.82 Å². The Morgan fingerprint density at radius 2 is 1.88 bits per heavy atom. The van der Waals surface area contributed by atoms with Gasteiger partial charge in [-0.05, 0) is 25.1 Å². The Bertz CT molecular complexity index is 1140. The molecule has 10 heteroatoms. The maximum Gasteiger partial charge on any atom is 0.270 e. The highest BCUT2D eigenvalue weighted by molar-refractivity contribution is 5.95. The molecule has 1 aliphatic rings. The van der Waals surface area contributed by atoms with Gasteiger partial charge in [0.05, 0.1) is 37.3 Å². The summed E-state index contributed by atoms with van der Waals surface area (Å²) in [6.45, 7) is 3.75. The maximum absolute atomic E-state index is 12.7. The number of morpholine rings is 1. The normalized spacial score (nSPS) is 14.7. The van der Waals surface area contributed by atoms with Crippen molar-refractivity contribution in [2.24, 2.45) is 7.05 Å². The van der Waals surface area contributed by atoms with Crippen LogP contribution in [0.15, 0.2) is 42.7 Å². The monoisotopic (exact) mass is 450 g/mol. The average molecular weight is 450 g/mol. The Morgan fingerprint density at radius 1 is 1.15 bits per heavy atom. The Labute approximate surface area is 191 Å². The number of hydrogen-bond acceptors (Lipinski definition) is 7. The number of rotatable bonds is 6. The summed E-state index contributed by atoms with van der Waals surface area (Å²) in [7, 11) is 1.79. The Morgan fingerprint density at radius 3 is 2.52 bits per heavy atom. The molecule has 2 amide bonds. The Hall–Kier alpha value is -3.63. The van der Waals surface area contributed by atoms with Gasteiger partial charge in [0.25, 0.3) is 11.8 Å². The largest absolute Gasteiger partial charge is 0.394 e. The van der Waals surface area contributed by atoms with Gasteiger partial charge in [0.1, 0.15) is 5.69 Å². The molecule has 33 heavy (non-hydrogen) atoms. The minimum absolute atomic E-state index is 0.0401. The van der Waals surface area contributed by atoms with Crippen molar-refractivity contribution in [1.29, 1.82) is 0 Å². The summed E-state index contributed by atoms with van der Waals surface area (Å²) in [6.07, 6.45) is 3.39. The van der Waals surface area contributed by atoms with Crippen LogP contribution in [0.3, 0.4) is 0 Å². The van der Waals surface area contributed by atoms with Crippen LogP contribution in [-0.4, -0.2) is 80.5 Å². The summed E-state index contributed by atoms with van der Waals surface area (Å²) in [5, 5.41) is 16.1. The molecule has 1 saturated heterocycles. The van der Waals surface area contributed by atoms with E-state index in [1.165, 1.54) is 0 Å². The fourth-order valence-electron chi connectivity index (χ4n) is 3.45. The van der Waals surface area contributed by atoms with E-state index in [-0.39, 0.29) is 18.2 Å². The number of aliphatic hydroxyl groups is 1. The summed E-state index contributed by atoms with van der Waals surface area (Å²) in [5.74, 6) is -0.0954. The highest BCUT2D eigenvalue weighted by Gasteiger charge is 2.20. The van der Waals surface area contributed by atoms with Gasteiger partial charge in [0, 0.05) is 43.5 Å². The van der Waals surface area contributed by atoms with Crippen molar-refractivity contribution in [1.82, 2.24) is 30.0 Å². The van der Waals surface area contributed by atoms with E-state index in [9.17, 15) is 14.7 Å². The molecule has 10 nitrogen and oxygen atoms in total. The zero-order valence-corrected chi connectivity index (χ0v) is 18.6. The highest BCUT2D eigenvalue weighted by Crippen LogP contribution is 2.23. The van der Waals surface area contributed by atoms with Gasteiger partial charge in [-0.25, -0.2) is 9.97 Å². The van der Waals surface area contributed by atoms with E-state index in [2.05, 4.69) is 20.4 Å². The summed E-state index contributed by atoms with van der Waals surface area (Å²) in [4.78, 5) is 36.2. The second-order valence-electron chi connectivity index (χ2n) is 7.90. The lowest BCUT2D eigenvalue weighted by molar-refractivity contribution is 0.0303. The van der Waals surface area contributed by atoms with Crippen molar-refractivity contribution in [3.63, 3.8) is 0 Å². The molecule has 0 saturated carbocycles. The molecular weight excluding hydrogens is 424 g/mol. The molecule has 1 aromatic carbocycles. The SMILES string of the molecule is C[C@@H](CO)NC(=O)c1cc(-c2ccc(C(=O)N3CCOCC3)cc2)nc(-c2cnn(C)c2)n1. The zero-order chi connectivity index (χ0) is 23.4. The number of aromatic nitrogens is 4. The molecule has 2 N–H and O–H groups in total. The minimum atomic E-state index is -0.414. The molecule has 0 radical (unpaired) electrons. The number of aliphatic hydroxyl groups excluding tert-OH is 1. The summed E-state index contributed by atoms with van der Waals surface area (Å²) in [6, 6.07) is 8.31. The van der Waals surface area contributed by atoms with E-state index >= 15 is 0 Å². The topological polar surface area (TPSA) is 122 Å². The van der Waals surface area contributed by atoms with Gasteiger partial charge in [-0.15, -0.1) is 0 Å². The molecular formula is C23H26N6O4. The van der Waals surface area contributed by atoms with Crippen molar-refractivity contribution >= 4 is 11.8 Å². The number of nitrogens with zero attached hydrogens (tertiary/aromatic N) is 5. The highest BCUT2D eigenvalue weighted by atomic mass is 16.5. The van der Waals surface area contributed by atoms with Crippen molar-refractivity contribution in [2.45, 2.75) is 13.0 Å². The van der Waals surface area contributed by atoms with Crippen LogP contribution in [0.5, 0.6) is 0 Å². The zero-order valence-electron chi connectivity index (χ0n) is 18.6. The molecule has 3 heterocycles. The van der Waals surface area contributed by atoms with E-state index < -0.39 is 11.9 Å². The van der Waals surface area contributed by atoms with E-state index in [1.54, 1.807) is 66.3 Å². The molecule has 1 atom stereocenters. The van der Waals surface area contributed by atoms with Gasteiger partial charge in [-0.2, -0.15) is 5.10 Å². The number of benzene rings is 1. The standard InChI is InChI=1S/C23H26N6O4/c1-15(14-30)25-22(31)20-11-19(26-21(27-20)18-12-24-28(2)13-18)16-3-5-17(6-4-16)23(32)29-7-9-33-10-8-29/h3-6,11-13,15,30H,7-10,14H2,1-2H3,(H,25,31)/t15-/m0/s1. The van der Waals surface area contributed by atoms with E-state index in [1.807, 2.05) is 0 Å². The molecule has 0 aliphatic carbocycles. The molecule has 0 bridgehead atoms. The molecule has 0 unspecified atom stereocenters. The molecule has 172 valence electrons. The van der Waals surface area contributed by atoms with Crippen LogP contribution in [-0.2, 0) is 11.8 Å². The van der Waals surface area contributed by atoms with Crippen LogP contribution >= 0.6 is 0 Å². The van der Waals surface area contributed by atoms with Crippen molar-refractivity contribution < 1.29 is 19.4 Å². The van der Waals surface area contributed by atoms with Gasteiger partial charge < -0.3 is 20.1 Å². The van der Waals surface area contributed by atoms with Crippen molar-refractivity contribution in [2.75, 3.05) is 32.9 Å². The summed E-state index contributed by atoms with van der Waals surface area (Å²) >= 11 is 0. The average Bonchev–Trinajstić information content (AvgIpc) is 3.30. The molecule has 3 aromatic rings. The van der Waals surface area contributed by atoms with Gasteiger partial charge in [-0.1, -0.05) is 12.1 Å². The second kappa shape index (κ2) is 9.88. The number of ether oxygens (including phenoxy) is 1. The summed E-state index contributed by atoms with van der Waals surface area (Å²) < 4.78 is 6.94. The van der Waals surface area contributed by atoms with Crippen LogP contribution in [0, 0.1) is 0 Å². The first-order chi connectivity index (χ1) is 15.9. The Kier molecular flexibility index (Phi) is 6.76. The van der Waals surface area contributed by atoms with Crippen molar-refractivity contribution in [3.05, 3.63) is 54.0 Å². The molecule has 0 spiro atoms. The quantitative estimate of drug-likeness (QED) is 0.577. The van der Waals surface area contributed by atoms with Crippen LogP contribution in [0.2, 0.25) is 0 Å². The first-order valence-corrected chi connectivity index (χ1v) is 10.7. The smallest absolute Gasteiger partial charge is 0.270 e. The predicted molar refractivity (Wildman–Crippen MR) is 120 cm³/mol. The fourth-order valence-corrected chi connectivity index (χ4v) is 3.45. The third-order valence-electron chi connectivity index (χ3n) is 5.30. The third-order valence-corrected chi connectivity index (χ3v) is 5.30. The number of amides is 2. The van der Waals surface area contributed by atoms with Crippen LogP contribution < -0.4 is 5.32 Å². The number of aryl methyl sites for hydroxylation is 1. The number of hydrogen-bond donors (Lipinski definition) is 2. The van der Waals surface area contributed by atoms with E-state index in [0.29, 0.717) is 48.9 Å². The predicted octanol–water partition coefficient (Wildman–Crippen LogP) is 1.13. The van der Waals surface area contributed by atoms with Crippen LogP contribution in [0.25, 0.3) is 22.6 Å². The van der Waals surface area contributed by atoms with E-state index in [0.717, 1.165) is 5.56 Å². The lowest BCUT2D eigenvalue weighted by atomic mass is 10.1. The molecule has 2 aromatic heterocycles. The maximum atomic E-state index is 12.7. The van der Waals surface area contributed by atoms with Gasteiger partial charge >= 0.3 is 0 Å². The van der Waals surface area contributed by atoms with Gasteiger partial charge in [-0.3, -0.25) is 14.3 Å². The van der Waals surface area contributed by atoms with Crippen molar-refractivity contribution in [3.8, 4) is 22.6 Å². The Balaban J connectivity index is 1.66. The number of nitrogens with one attached hydrogen (secondary N) is 1. The first kappa shape index (κ1) is 22.6. The lowest BCUT2D eigenvalue weighted by Crippen LogP contribution is -2.40. The van der Waals surface area contributed by atoms with E-state index in [4.69, 9.17) is 4.74 Å². The van der Waals surface area contributed by atoms with Crippen LogP contribution in [0.1, 0.15) is 27.8 Å². The van der Waals surface area contributed by atoms with Gasteiger partial charge in [0.2, 0.25) is 0 Å². The second-order valence-corrected chi connectivity index (χ2v) is 7.90. The number of carbonyl (C=O) groups is 2. The minimum Gasteiger partial charge on any atom is -0.394 e. The lowest BCUT2D eigenvalue weighted by Gasteiger charge is -2.26. The third kappa shape index (κ3) is 5.24. The first-order valence-electron chi connectivity index (χ1n) is 10.7. The molecule has 1 aliphatic heterocycles. The molecule has 1 fully saturated rings.